The van der Waals surface area contributed by atoms with Crippen molar-refractivity contribution < 1.29 is 9.59 Å². The molecule has 2 aliphatic heterocycles. The first-order chi connectivity index (χ1) is 12.0. The van der Waals surface area contributed by atoms with Gasteiger partial charge in [0.15, 0.2) is 5.43 Å². The summed E-state index contributed by atoms with van der Waals surface area (Å²) in [5.74, 6) is 0.0468. The highest BCUT2D eigenvalue weighted by Gasteiger charge is 2.31. The summed E-state index contributed by atoms with van der Waals surface area (Å²) in [5, 5.41) is 0. The Hall–Kier alpha value is -2.11. The lowest BCUT2D eigenvalue weighted by atomic mass is 9.94. The lowest BCUT2D eigenvalue weighted by Crippen LogP contribution is -2.46. The summed E-state index contributed by atoms with van der Waals surface area (Å²) in [6.07, 6.45) is 6.40. The Morgan fingerprint density at radius 3 is 2.28 bits per heavy atom. The summed E-state index contributed by atoms with van der Waals surface area (Å²) in [7, 11) is 1.83. The second kappa shape index (κ2) is 7.42. The molecule has 0 aliphatic carbocycles. The highest BCUT2D eigenvalue weighted by atomic mass is 16.2. The van der Waals surface area contributed by atoms with Crippen molar-refractivity contribution in [2.75, 3.05) is 26.2 Å². The molecule has 0 aromatic carbocycles. The summed E-state index contributed by atoms with van der Waals surface area (Å²) in [6.45, 7) is 4.67. The van der Waals surface area contributed by atoms with E-state index in [1.54, 1.807) is 15.7 Å². The minimum absolute atomic E-state index is 0.0167. The van der Waals surface area contributed by atoms with Gasteiger partial charge in [-0.05, 0) is 39.0 Å². The normalized spacial score (nSPS) is 19.1. The van der Waals surface area contributed by atoms with Crippen molar-refractivity contribution in [3.63, 3.8) is 0 Å². The molecular weight excluding hydrogens is 318 g/mol. The molecule has 0 radical (unpaired) electrons. The molecule has 6 heteroatoms. The van der Waals surface area contributed by atoms with Crippen LogP contribution in [0.25, 0.3) is 0 Å². The van der Waals surface area contributed by atoms with Crippen molar-refractivity contribution in [1.82, 2.24) is 14.4 Å². The van der Waals surface area contributed by atoms with Gasteiger partial charge in [0.25, 0.3) is 5.91 Å². The first-order valence-electron chi connectivity index (χ1n) is 9.22. The minimum Gasteiger partial charge on any atom is -0.354 e. The third kappa shape index (κ3) is 3.78. The monoisotopic (exact) mass is 345 g/mol. The fraction of sp³-hybridized carbons (Fsp3) is 0.632. The van der Waals surface area contributed by atoms with Crippen LogP contribution in [0.1, 0.15) is 48.2 Å². The van der Waals surface area contributed by atoms with Crippen molar-refractivity contribution in [2.45, 2.75) is 39.0 Å². The van der Waals surface area contributed by atoms with E-state index in [0.29, 0.717) is 25.9 Å². The standard InChI is InChI=1S/C19H27N3O3/c1-14-12-17(23)16(13-20(14)2)19(25)22-10-6-15(7-11-22)18(24)21-8-4-3-5-9-21/h12-13,15H,3-11H2,1-2H3. The predicted octanol–water partition coefficient (Wildman–Crippen LogP) is 1.56. The Labute approximate surface area is 148 Å². The quantitative estimate of drug-likeness (QED) is 0.817. The van der Waals surface area contributed by atoms with Gasteiger partial charge in [-0.2, -0.15) is 0 Å². The van der Waals surface area contributed by atoms with E-state index < -0.39 is 0 Å². The third-order valence-corrected chi connectivity index (χ3v) is 5.51. The molecule has 25 heavy (non-hydrogen) atoms. The van der Waals surface area contributed by atoms with Gasteiger partial charge in [-0.1, -0.05) is 0 Å². The maximum absolute atomic E-state index is 12.7. The van der Waals surface area contributed by atoms with Crippen molar-refractivity contribution in [1.29, 1.82) is 0 Å². The van der Waals surface area contributed by atoms with Crippen LogP contribution in [0, 0.1) is 12.8 Å². The Morgan fingerprint density at radius 2 is 1.64 bits per heavy atom. The third-order valence-electron chi connectivity index (χ3n) is 5.51. The number of pyridine rings is 1. The molecule has 0 saturated carbocycles. The lowest BCUT2D eigenvalue weighted by molar-refractivity contribution is -0.137. The van der Waals surface area contributed by atoms with Crippen molar-refractivity contribution in [3.05, 3.63) is 33.7 Å². The van der Waals surface area contributed by atoms with Crippen LogP contribution in [0.2, 0.25) is 0 Å². The number of aromatic nitrogens is 1. The molecule has 3 heterocycles. The molecule has 0 spiro atoms. The van der Waals surface area contributed by atoms with Crippen LogP contribution in [-0.2, 0) is 11.8 Å². The second-order valence-corrected chi connectivity index (χ2v) is 7.26. The molecule has 6 nitrogen and oxygen atoms in total. The zero-order chi connectivity index (χ0) is 18.0. The molecule has 0 N–H and O–H groups in total. The SMILES string of the molecule is Cc1cc(=O)c(C(=O)N2CCC(C(=O)N3CCCCC3)CC2)cn1C. The maximum Gasteiger partial charge on any atom is 0.259 e. The number of hydrogen-bond donors (Lipinski definition) is 0. The van der Waals surface area contributed by atoms with Gasteiger partial charge in [-0.15, -0.1) is 0 Å². The maximum atomic E-state index is 12.7. The number of carbonyl (C=O) groups excluding carboxylic acids is 2. The Bertz CT molecular complexity index is 711. The first kappa shape index (κ1) is 17.7. The van der Waals surface area contributed by atoms with Crippen molar-refractivity contribution in [3.8, 4) is 0 Å². The van der Waals surface area contributed by atoms with Gasteiger partial charge in [0.2, 0.25) is 5.91 Å². The van der Waals surface area contributed by atoms with Gasteiger partial charge in [0.1, 0.15) is 5.56 Å². The molecular formula is C19H27N3O3. The Kier molecular flexibility index (Phi) is 5.25. The molecule has 2 fully saturated rings. The number of hydrogen-bond acceptors (Lipinski definition) is 3. The molecule has 136 valence electrons. The number of aryl methyl sites for hydroxylation is 2. The molecule has 2 amide bonds. The number of amides is 2. The molecule has 0 atom stereocenters. The second-order valence-electron chi connectivity index (χ2n) is 7.26. The van der Waals surface area contributed by atoms with Gasteiger partial charge in [-0.3, -0.25) is 14.4 Å². The van der Waals surface area contributed by atoms with Crippen LogP contribution in [0.4, 0.5) is 0 Å². The van der Waals surface area contributed by atoms with Gasteiger partial charge < -0.3 is 14.4 Å². The molecule has 1 aromatic rings. The number of likely N-dealkylation sites (tertiary alicyclic amines) is 2. The zero-order valence-corrected chi connectivity index (χ0v) is 15.2. The summed E-state index contributed by atoms with van der Waals surface area (Å²) in [5.41, 5.74) is 0.813. The van der Waals surface area contributed by atoms with E-state index in [4.69, 9.17) is 0 Å². The van der Waals surface area contributed by atoms with Gasteiger partial charge in [-0.25, -0.2) is 0 Å². The van der Waals surface area contributed by atoms with Crippen LogP contribution in [0.3, 0.4) is 0 Å². The van der Waals surface area contributed by atoms with Gasteiger partial charge in [0, 0.05) is 57.1 Å². The molecule has 3 rings (SSSR count). The number of rotatable bonds is 2. The van der Waals surface area contributed by atoms with E-state index >= 15 is 0 Å². The highest BCUT2D eigenvalue weighted by molar-refractivity contribution is 5.94. The van der Waals surface area contributed by atoms with E-state index in [2.05, 4.69) is 0 Å². The van der Waals surface area contributed by atoms with Gasteiger partial charge in [0.05, 0.1) is 0 Å². The first-order valence-corrected chi connectivity index (χ1v) is 9.22. The smallest absolute Gasteiger partial charge is 0.259 e. The van der Waals surface area contributed by atoms with E-state index in [1.807, 2.05) is 18.9 Å². The van der Waals surface area contributed by atoms with Crippen LogP contribution in [0.5, 0.6) is 0 Å². The largest absolute Gasteiger partial charge is 0.354 e. The average Bonchev–Trinajstić information content (AvgIpc) is 2.64. The number of nitrogens with zero attached hydrogens (tertiary/aromatic N) is 3. The van der Waals surface area contributed by atoms with Crippen LogP contribution >= 0.6 is 0 Å². The fourth-order valence-corrected chi connectivity index (χ4v) is 3.76. The molecule has 2 saturated heterocycles. The zero-order valence-electron chi connectivity index (χ0n) is 15.2. The minimum atomic E-state index is -0.230. The van der Waals surface area contributed by atoms with Crippen molar-refractivity contribution in [2.24, 2.45) is 13.0 Å². The Balaban J connectivity index is 1.62. The van der Waals surface area contributed by atoms with Crippen LogP contribution in [-0.4, -0.2) is 52.4 Å². The molecule has 2 aliphatic rings. The summed E-state index contributed by atoms with van der Waals surface area (Å²) >= 11 is 0. The van der Waals surface area contributed by atoms with E-state index in [-0.39, 0.29) is 28.7 Å². The van der Waals surface area contributed by atoms with Crippen LogP contribution < -0.4 is 5.43 Å². The molecule has 1 aromatic heterocycles. The number of piperidine rings is 2. The fourth-order valence-electron chi connectivity index (χ4n) is 3.76. The average molecular weight is 345 g/mol. The summed E-state index contributed by atoms with van der Waals surface area (Å²) in [4.78, 5) is 41.1. The summed E-state index contributed by atoms with van der Waals surface area (Å²) in [6, 6.07) is 1.50. The van der Waals surface area contributed by atoms with E-state index in [0.717, 1.165) is 31.6 Å². The predicted molar refractivity (Wildman–Crippen MR) is 95.5 cm³/mol. The molecule has 0 bridgehead atoms. The Morgan fingerprint density at radius 1 is 1.00 bits per heavy atom. The summed E-state index contributed by atoms with van der Waals surface area (Å²) < 4.78 is 1.79. The van der Waals surface area contributed by atoms with E-state index in [1.165, 1.54) is 12.5 Å². The highest BCUT2D eigenvalue weighted by Crippen LogP contribution is 2.22. The van der Waals surface area contributed by atoms with E-state index in [9.17, 15) is 14.4 Å². The lowest BCUT2D eigenvalue weighted by Gasteiger charge is -2.35. The topological polar surface area (TPSA) is 62.6 Å². The molecule has 0 unspecified atom stereocenters. The number of carbonyl (C=O) groups is 2. The van der Waals surface area contributed by atoms with Crippen LogP contribution in [0.15, 0.2) is 17.1 Å². The van der Waals surface area contributed by atoms with Crippen molar-refractivity contribution >= 4 is 11.8 Å². The van der Waals surface area contributed by atoms with Gasteiger partial charge >= 0.3 is 0 Å².